The first-order chi connectivity index (χ1) is 11.6. The Bertz CT molecular complexity index is 830. The molecule has 0 spiro atoms. The summed E-state index contributed by atoms with van der Waals surface area (Å²) in [6.07, 6.45) is 0.616. The van der Waals surface area contributed by atoms with Gasteiger partial charge in [-0.05, 0) is 29.2 Å². The van der Waals surface area contributed by atoms with Crippen molar-refractivity contribution in [2.75, 3.05) is 0 Å². The molecule has 0 fully saturated rings. The monoisotopic (exact) mass is 322 g/mol. The summed E-state index contributed by atoms with van der Waals surface area (Å²) in [6.45, 7) is 4.70. The highest BCUT2D eigenvalue weighted by molar-refractivity contribution is 5.33. The minimum absolute atomic E-state index is 0.0388. The van der Waals surface area contributed by atoms with E-state index in [1.165, 1.54) is 0 Å². The van der Waals surface area contributed by atoms with Gasteiger partial charge in [-0.1, -0.05) is 56.3 Å². The summed E-state index contributed by atoms with van der Waals surface area (Å²) in [5, 5.41) is 5.66. The minimum atomic E-state index is -0.0388. The third-order valence-electron chi connectivity index (χ3n) is 4.04. The van der Waals surface area contributed by atoms with Crippen LogP contribution in [0, 0.1) is 0 Å². The maximum absolute atomic E-state index is 12.0. The van der Waals surface area contributed by atoms with Crippen LogP contribution in [0.5, 0.6) is 5.75 Å². The number of hydrogen-bond acceptors (Lipinski definition) is 2. The van der Waals surface area contributed by atoms with E-state index in [0.29, 0.717) is 13.0 Å². The van der Waals surface area contributed by atoms with Crippen molar-refractivity contribution >= 4 is 0 Å². The number of rotatable bonds is 6. The minimum Gasteiger partial charge on any atom is -0.489 e. The third-order valence-corrected chi connectivity index (χ3v) is 4.04. The molecule has 4 heteroatoms. The van der Waals surface area contributed by atoms with Crippen molar-refractivity contribution in [3.63, 3.8) is 0 Å². The molecule has 4 nitrogen and oxygen atoms in total. The molecular formula is C20H22N2O2. The summed E-state index contributed by atoms with van der Waals surface area (Å²) >= 11 is 0. The van der Waals surface area contributed by atoms with E-state index in [4.69, 9.17) is 4.74 Å². The number of aromatic nitrogens is 2. The van der Waals surface area contributed by atoms with Crippen LogP contribution < -0.4 is 10.3 Å². The standard InChI is InChI=1S/C20H22N2O2/c1-14(2)19-18(20(23)22-21-19)12-15-8-10-17(11-9-15)24-13-16-6-4-3-5-7-16/h3-11,14H,12-13H2,1-2H3,(H2,21,22,23). The first kappa shape index (κ1) is 16.1. The molecule has 0 saturated carbocycles. The summed E-state index contributed by atoms with van der Waals surface area (Å²) in [7, 11) is 0. The van der Waals surface area contributed by atoms with Crippen LogP contribution in [0.1, 0.15) is 42.1 Å². The van der Waals surface area contributed by atoms with E-state index in [1.807, 2.05) is 54.6 Å². The number of aromatic amines is 2. The van der Waals surface area contributed by atoms with Crippen molar-refractivity contribution in [2.45, 2.75) is 32.8 Å². The van der Waals surface area contributed by atoms with Crippen molar-refractivity contribution in [3.05, 3.63) is 87.3 Å². The van der Waals surface area contributed by atoms with Gasteiger partial charge >= 0.3 is 0 Å². The number of H-pyrrole nitrogens is 2. The lowest BCUT2D eigenvalue weighted by Crippen LogP contribution is -2.08. The molecule has 124 valence electrons. The third kappa shape index (κ3) is 3.77. The van der Waals surface area contributed by atoms with E-state index >= 15 is 0 Å². The van der Waals surface area contributed by atoms with Crippen LogP contribution in [0.15, 0.2) is 59.4 Å². The first-order valence-electron chi connectivity index (χ1n) is 8.18. The molecule has 1 aromatic heterocycles. The van der Waals surface area contributed by atoms with Gasteiger partial charge in [-0.3, -0.25) is 9.89 Å². The lowest BCUT2D eigenvalue weighted by atomic mass is 10.00. The average Bonchev–Trinajstić information content (AvgIpc) is 2.96. The van der Waals surface area contributed by atoms with Crippen LogP contribution in [0.4, 0.5) is 0 Å². The smallest absolute Gasteiger partial charge is 0.267 e. The predicted octanol–water partition coefficient (Wildman–Crippen LogP) is 4.00. The SMILES string of the molecule is CC(C)c1[nH][nH]c(=O)c1Cc1ccc(OCc2ccccc2)cc1. The van der Waals surface area contributed by atoms with Gasteiger partial charge in [0.15, 0.2) is 0 Å². The van der Waals surface area contributed by atoms with Crippen LogP contribution in [0.3, 0.4) is 0 Å². The number of hydrogen-bond donors (Lipinski definition) is 2. The zero-order valence-corrected chi connectivity index (χ0v) is 14.0. The number of nitrogens with one attached hydrogen (secondary N) is 2. The van der Waals surface area contributed by atoms with Gasteiger partial charge in [0.25, 0.3) is 5.56 Å². The highest BCUT2D eigenvalue weighted by Gasteiger charge is 2.13. The highest BCUT2D eigenvalue weighted by atomic mass is 16.5. The summed E-state index contributed by atoms with van der Waals surface area (Å²) in [5.41, 5.74) is 3.98. The van der Waals surface area contributed by atoms with Crippen LogP contribution in [0.2, 0.25) is 0 Å². The van der Waals surface area contributed by atoms with Crippen LogP contribution in [0.25, 0.3) is 0 Å². The van der Waals surface area contributed by atoms with E-state index in [9.17, 15) is 4.79 Å². The molecule has 0 bridgehead atoms. The molecule has 0 atom stereocenters. The van der Waals surface area contributed by atoms with Gasteiger partial charge in [0.05, 0.1) is 0 Å². The van der Waals surface area contributed by atoms with Gasteiger partial charge < -0.3 is 9.84 Å². The highest BCUT2D eigenvalue weighted by Crippen LogP contribution is 2.19. The molecule has 3 aromatic rings. The summed E-state index contributed by atoms with van der Waals surface area (Å²) < 4.78 is 5.79. The Morgan fingerprint density at radius 1 is 0.917 bits per heavy atom. The molecule has 3 rings (SSSR count). The molecule has 24 heavy (non-hydrogen) atoms. The maximum atomic E-state index is 12.0. The van der Waals surface area contributed by atoms with Gasteiger partial charge in [-0.15, -0.1) is 0 Å². The second-order valence-electron chi connectivity index (χ2n) is 6.22. The number of benzene rings is 2. The second kappa shape index (κ2) is 7.21. The molecule has 0 aliphatic rings. The predicted molar refractivity (Wildman–Crippen MR) is 95.5 cm³/mol. The van der Waals surface area contributed by atoms with Crippen LogP contribution >= 0.6 is 0 Å². The molecule has 0 unspecified atom stereocenters. The van der Waals surface area contributed by atoms with E-state index in [1.54, 1.807) is 0 Å². The van der Waals surface area contributed by atoms with Crippen molar-refractivity contribution in [1.29, 1.82) is 0 Å². The molecule has 0 aliphatic heterocycles. The van der Waals surface area contributed by atoms with Gasteiger partial charge in [0, 0.05) is 17.7 Å². The van der Waals surface area contributed by atoms with Gasteiger partial charge in [0.1, 0.15) is 12.4 Å². The Morgan fingerprint density at radius 3 is 2.29 bits per heavy atom. The normalized spacial score (nSPS) is 11.0. The Kier molecular flexibility index (Phi) is 4.85. The molecule has 2 N–H and O–H groups in total. The zero-order valence-electron chi connectivity index (χ0n) is 14.0. The number of ether oxygens (including phenoxy) is 1. The summed E-state index contributed by atoms with van der Waals surface area (Å²) in [4.78, 5) is 12.0. The van der Waals surface area contributed by atoms with Crippen molar-refractivity contribution < 1.29 is 4.74 Å². The molecule has 0 aliphatic carbocycles. The van der Waals surface area contributed by atoms with Crippen LogP contribution in [-0.4, -0.2) is 10.2 Å². The average molecular weight is 322 g/mol. The molecular weight excluding hydrogens is 300 g/mol. The fourth-order valence-electron chi connectivity index (χ4n) is 2.71. The zero-order chi connectivity index (χ0) is 16.9. The first-order valence-corrected chi connectivity index (χ1v) is 8.18. The van der Waals surface area contributed by atoms with Crippen molar-refractivity contribution in [2.24, 2.45) is 0 Å². The molecule has 0 amide bonds. The quantitative estimate of drug-likeness (QED) is 0.721. The van der Waals surface area contributed by atoms with Gasteiger partial charge in [-0.2, -0.15) is 0 Å². The Balaban J connectivity index is 1.67. The van der Waals surface area contributed by atoms with Gasteiger partial charge in [-0.25, -0.2) is 0 Å². The lowest BCUT2D eigenvalue weighted by Gasteiger charge is -2.08. The van der Waals surface area contributed by atoms with Crippen LogP contribution in [-0.2, 0) is 13.0 Å². The second-order valence-corrected chi connectivity index (χ2v) is 6.22. The van der Waals surface area contributed by atoms with E-state index < -0.39 is 0 Å². The fourth-order valence-corrected chi connectivity index (χ4v) is 2.71. The Morgan fingerprint density at radius 2 is 1.62 bits per heavy atom. The maximum Gasteiger partial charge on any atom is 0.267 e. The molecule has 2 aromatic carbocycles. The fraction of sp³-hybridized carbons (Fsp3) is 0.250. The van der Waals surface area contributed by atoms with E-state index in [2.05, 4.69) is 24.0 Å². The topological polar surface area (TPSA) is 57.9 Å². The lowest BCUT2D eigenvalue weighted by molar-refractivity contribution is 0.306. The largest absolute Gasteiger partial charge is 0.489 e. The van der Waals surface area contributed by atoms with E-state index in [0.717, 1.165) is 28.1 Å². The van der Waals surface area contributed by atoms with Crippen molar-refractivity contribution in [3.8, 4) is 5.75 Å². The Hall–Kier alpha value is -2.75. The summed E-state index contributed by atoms with van der Waals surface area (Å²) in [5.74, 6) is 1.11. The molecule has 1 heterocycles. The Labute approximate surface area is 141 Å². The van der Waals surface area contributed by atoms with Gasteiger partial charge in [0.2, 0.25) is 0 Å². The summed E-state index contributed by atoms with van der Waals surface area (Å²) in [6, 6.07) is 18.0. The molecule has 0 radical (unpaired) electrons. The molecule has 0 saturated heterocycles. The van der Waals surface area contributed by atoms with E-state index in [-0.39, 0.29) is 11.5 Å². The van der Waals surface area contributed by atoms with Crippen molar-refractivity contribution in [1.82, 2.24) is 10.2 Å².